The monoisotopic (exact) mass is 1910 g/mol. The molecule has 0 unspecified atom stereocenters. The standard InChI is InChI=1S/C48H30N2S.C46H28N4S.C40H24N4O/c1-2-10-35(11-3-1)49-43-15-7-4-12-37(43)40-28-33(20-25-45(40)49)34-21-26-46-41(29-34)38-13-5-8-16-44(38)50(46)36-23-18-31(19-24-36)32-22-27-48-42(30-32)39-14-6-9-17-47(39)51-48;1-2-9-32(10-3-1)49-40-15-6-4-11-35(40)38-25-30(19-23-42(38)49)31-20-24-43-39(26-31)36-12-5-7-16-41(36)50(43)33-21-17-29(18-22-33)34-13-8-14-37-45-44(51-46(34)37)27-47-28-48-45;1-2-8-27(9-3-1)43-34-12-6-4-10-29(34)31-20-25(14-17-36(31)43)26-15-18-37-32(21-26)30-11-5-7-13-35(30)44(37)28-16-19-38-33(22-28)40-39(45-38)23-41-24-42-40/h1-30H;1-28H;1-24H. The van der Waals surface area contributed by atoms with E-state index < -0.39 is 0 Å². The molecule has 0 saturated heterocycles. The Bertz CT molecular complexity index is 11000. The van der Waals surface area contributed by atoms with Gasteiger partial charge in [-0.25, -0.2) is 19.9 Å². The minimum atomic E-state index is 0.695. The first kappa shape index (κ1) is 83.6. The van der Waals surface area contributed by atoms with Gasteiger partial charge in [0.1, 0.15) is 23.8 Å². The summed E-state index contributed by atoms with van der Waals surface area (Å²) in [5.41, 5.74) is 36.8. The number of fused-ring (bicyclic) bond motifs is 27. The Morgan fingerprint density at radius 1 is 0.170 bits per heavy atom. The molecule has 0 atom stereocenters. The maximum absolute atomic E-state index is 6.01. The van der Waals surface area contributed by atoms with Crippen LogP contribution in [0.15, 0.2) is 503 Å². The number of aromatic nitrogens is 10. The predicted octanol–water partition coefficient (Wildman–Crippen LogP) is 36.2. The van der Waals surface area contributed by atoms with E-state index in [1.54, 1.807) is 30.2 Å². The lowest BCUT2D eigenvalue weighted by atomic mass is 10.0. The van der Waals surface area contributed by atoms with Crippen molar-refractivity contribution in [2.45, 2.75) is 0 Å². The van der Waals surface area contributed by atoms with Gasteiger partial charge >= 0.3 is 0 Å². The van der Waals surface area contributed by atoms with Crippen LogP contribution in [0.25, 0.3) is 283 Å². The van der Waals surface area contributed by atoms with Crippen molar-refractivity contribution in [3.63, 3.8) is 0 Å². The molecule has 0 radical (unpaired) electrons. The van der Waals surface area contributed by atoms with Crippen LogP contribution in [-0.2, 0) is 0 Å². The molecule has 686 valence electrons. The highest BCUT2D eigenvalue weighted by molar-refractivity contribution is 7.26. The van der Waals surface area contributed by atoms with Crippen LogP contribution >= 0.6 is 22.7 Å². The summed E-state index contributed by atoms with van der Waals surface area (Å²) in [6.07, 6.45) is 6.84. The number of hydrogen-bond donors (Lipinski definition) is 0. The van der Waals surface area contributed by atoms with Crippen LogP contribution in [0, 0.1) is 0 Å². The van der Waals surface area contributed by atoms with Crippen molar-refractivity contribution in [3.8, 4) is 89.8 Å². The topological polar surface area (TPSA) is 94.3 Å². The first-order valence-electron chi connectivity index (χ1n) is 49.6. The quantitative estimate of drug-likeness (QED) is 0.129. The van der Waals surface area contributed by atoms with Crippen molar-refractivity contribution in [1.82, 2.24) is 47.3 Å². The molecule has 147 heavy (non-hydrogen) atoms. The van der Waals surface area contributed by atoms with E-state index >= 15 is 0 Å². The van der Waals surface area contributed by atoms with E-state index in [1.807, 2.05) is 23.6 Å². The number of benzene rings is 21. The molecule has 11 aromatic heterocycles. The smallest absolute Gasteiger partial charge is 0.172 e. The van der Waals surface area contributed by atoms with E-state index in [0.29, 0.717) is 5.58 Å². The number of thiophene rings is 2. The summed E-state index contributed by atoms with van der Waals surface area (Å²) in [7, 11) is 0. The van der Waals surface area contributed by atoms with Gasteiger partial charge in [-0.1, -0.05) is 267 Å². The van der Waals surface area contributed by atoms with Crippen LogP contribution in [0.3, 0.4) is 0 Å². The van der Waals surface area contributed by atoms with Crippen LogP contribution in [-0.4, -0.2) is 47.3 Å². The largest absolute Gasteiger partial charge is 0.453 e. The Morgan fingerprint density at radius 2 is 0.469 bits per heavy atom. The lowest BCUT2D eigenvalue weighted by Gasteiger charge is -2.10. The molecule has 0 bridgehead atoms. The van der Waals surface area contributed by atoms with E-state index in [4.69, 9.17) is 4.42 Å². The van der Waals surface area contributed by atoms with Gasteiger partial charge in [0.15, 0.2) is 5.58 Å². The second-order valence-electron chi connectivity index (χ2n) is 38.0. The Balaban J connectivity index is 0.000000102. The molecule has 0 aliphatic carbocycles. The molecule has 13 heteroatoms. The lowest BCUT2D eigenvalue weighted by Crippen LogP contribution is -1.94. The minimum Gasteiger partial charge on any atom is -0.453 e. The van der Waals surface area contributed by atoms with Gasteiger partial charge < -0.3 is 31.8 Å². The van der Waals surface area contributed by atoms with Gasteiger partial charge in [0, 0.05) is 141 Å². The zero-order valence-electron chi connectivity index (χ0n) is 79.0. The molecule has 0 aliphatic heterocycles. The van der Waals surface area contributed by atoms with E-state index in [2.05, 4.69) is 514 Å². The van der Waals surface area contributed by atoms with Crippen LogP contribution < -0.4 is 0 Å². The molecule has 0 N–H and O–H groups in total. The zero-order chi connectivity index (χ0) is 96.4. The fourth-order valence-electron chi connectivity index (χ4n) is 23.2. The van der Waals surface area contributed by atoms with Gasteiger partial charge in [-0.05, 0) is 262 Å². The second kappa shape index (κ2) is 33.8. The highest BCUT2D eigenvalue weighted by Crippen LogP contribution is 2.48. The van der Waals surface area contributed by atoms with Gasteiger partial charge in [0.25, 0.3) is 0 Å². The summed E-state index contributed by atoms with van der Waals surface area (Å²) in [5.74, 6) is 0. The summed E-state index contributed by atoms with van der Waals surface area (Å²) in [6.45, 7) is 0. The molecule has 32 aromatic rings. The van der Waals surface area contributed by atoms with Crippen molar-refractivity contribution in [2.75, 3.05) is 0 Å². The molecule has 0 fully saturated rings. The maximum atomic E-state index is 6.01. The number of para-hydroxylation sites is 9. The molecule has 0 saturated carbocycles. The van der Waals surface area contributed by atoms with E-state index in [-0.39, 0.29) is 0 Å². The second-order valence-corrected chi connectivity index (χ2v) is 40.1. The predicted molar refractivity (Wildman–Crippen MR) is 617 cm³/mol. The number of hydrogen-bond acceptors (Lipinski definition) is 7. The molecule has 11 nitrogen and oxygen atoms in total. The van der Waals surface area contributed by atoms with Crippen LogP contribution in [0.2, 0.25) is 0 Å². The molecule has 0 spiro atoms. The molecule has 21 aromatic carbocycles. The summed E-state index contributed by atoms with van der Waals surface area (Å²) in [6, 6.07) is 172. The molecule has 0 aliphatic rings. The number of furan rings is 1. The normalized spacial score (nSPS) is 11.9. The summed E-state index contributed by atoms with van der Waals surface area (Å²) in [5, 5.41) is 19.8. The van der Waals surface area contributed by atoms with Crippen LogP contribution in [0.5, 0.6) is 0 Å². The van der Waals surface area contributed by atoms with Crippen molar-refractivity contribution < 1.29 is 4.42 Å². The van der Waals surface area contributed by atoms with Gasteiger partial charge in [-0.15, -0.1) is 22.7 Å². The fourth-order valence-corrected chi connectivity index (χ4v) is 25.5. The van der Waals surface area contributed by atoms with Gasteiger partial charge in [-0.2, -0.15) is 0 Å². The summed E-state index contributed by atoms with van der Waals surface area (Å²) in [4.78, 5) is 17.5. The number of nitrogens with zero attached hydrogens (tertiary/aromatic N) is 10. The van der Waals surface area contributed by atoms with Crippen molar-refractivity contribution in [1.29, 1.82) is 0 Å². The molecule has 32 rings (SSSR count). The van der Waals surface area contributed by atoms with Gasteiger partial charge in [-0.3, -0.25) is 0 Å². The van der Waals surface area contributed by atoms with Gasteiger partial charge in [0.2, 0.25) is 0 Å². The van der Waals surface area contributed by atoms with E-state index in [1.165, 1.54) is 223 Å². The average molecular weight is 1910 g/mol. The fraction of sp³-hybridized carbons (Fsp3) is 0. The highest BCUT2D eigenvalue weighted by Gasteiger charge is 2.25. The zero-order valence-corrected chi connectivity index (χ0v) is 80.7. The third kappa shape index (κ3) is 13.6. The van der Waals surface area contributed by atoms with Crippen LogP contribution in [0.1, 0.15) is 0 Å². The van der Waals surface area contributed by atoms with Gasteiger partial charge in [0.05, 0.1) is 82.6 Å². The molecular formula is C134H82N10OS2. The van der Waals surface area contributed by atoms with Crippen molar-refractivity contribution in [2.24, 2.45) is 0 Å². The summed E-state index contributed by atoms with van der Waals surface area (Å²) >= 11 is 3.62. The maximum Gasteiger partial charge on any atom is 0.172 e. The first-order valence-corrected chi connectivity index (χ1v) is 51.3. The summed E-state index contributed by atoms with van der Waals surface area (Å²) < 4.78 is 25.3. The first-order chi connectivity index (χ1) is 72.9. The van der Waals surface area contributed by atoms with E-state index in [9.17, 15) is 0 Å². The average Bonchev–Trinajstić information content (AvgIpc) is 1.59. The Kier molecular flexibility index (Phi) is 19.2. The third-order valence-electron chi connectivity index (χ3n) is 29.9. The highest BCUT2D eigenvalue weighted by atomic mass is 32.1. The van der Waals surface area contributed by atoms with Crippen LogP contribution in [0.4, 0.5) is 0 Å². The SMILES string of the molecule is c1ccc(-n2c3ccccc3c3cc(-c4ccc5c(c4)c4ccccc4n5-c4ccc(-c5ccc6sc7ccccc7c6c5)cc4)ccc32)cc1.c1ccc(-n2c3ccccc3c3cc(-c4ccc5c(c4)c4ccccc4n5-c4ccc(-c5cccc6c5sc5cncnc56)cc4)ccc32)cc1.c1ccc(-n2c3ccccc3c3cc(-c4ccc5c(c4)c4ccccc4n5-c4ccc5oc6cncnc6c5c4)ccc32)cc1. The Morgan fingerprint density at radius 3 is 0.884 bits per heavy atom. The van der Waals surface area contributed by atoms with Crippen molar-refractivity contribution in [3.05, 3.63) is 498 Å². The molecular weight excluding hydrogens is 1830 g/mol. The number of rotatable bonds is 11. The van der Waals surface area contributed by atoms with Crippen molar-refractivity contribution >= 4 is 216 Å². The van der Waals surface area contributed by atoms with E-state index in [0.717, 1.165) is 54.8 Å². The minimum absolute atomic E-state index is 0.695. The Hall–Kier alpha value is -19.2. The third-order valence-corrected chi connectivity index (χ3v) is 32.2. The Labute approximate surface area is 849 Å². The molecule has 0 amide bonds. The molecule has 11 heterocycles. The lowest BCUT2D eigenvalue weighted by molar-refractivity contribution is 0.665.